The first kappa shape index (κ1) is 21.5. The zero-order valence-corrected chi connectivity index (χ0v) is 17.2. The smallest absolute Gasteiger partial charge is 0.195 e. The number of anilines is 1. The van der Waals surface area contributed by atoms with Gasteiger partial charge in [0.05, 0.1) is 6.61 Å². The zero-order valence-electron chi connectivity index (χ0n) is 17.2. The highest BCUT2D eigenvalue weighted by molar-refractivity contribution is 5.93. The summed E-state index contributed by atoms with van der Waals surface area (Å²) in [6, 6.07) is 8.70. The minimum absolute atomic E-state index is 0.651. The summed E-state index contributed by atoms with van der Waals surface area (Å²) in [7, 11) is 5.74. The molecule has 0 radical (unpaired) electrons. The van der Waals surface area contributed by atoms with Crippen molar-refractivity contribution in [1.82, 2.24) is 10.2 Å². The van der Waals surface area contributed by atoms with Crippen LogP contribution < -0.4 is 15.4 Å². The number of nitrogens with zero attached hydrogens (tertiary/aromatic N) is 2. The van der Waals surface area contributed by atoms with E-state index in [2.05, 4.69) is 27.6 Å². The van der Waals surface area contributed by atoms with Crippen molar-refractivity contribution in [3.8, 4) is 5.75 Å². The van der Waals surface area contributed by atoms with Crippen LogP contribution in [0.3, 0.4) is 0 Å². The van der Waals surface area contributed by atoms with E-state index in [-0.39, 0.29) is 0 Å². The normalized spacial score (nSPS) is 15.8. The highest BCUT2D eigenvalue weighted by Crippen LogP contribution is 2.21. The first-order valence-corrected chi connectivity index (χ1v) is 10.1. The van der Waals surface area contributed by atoms with E-state index in [9.17, 15) is 0 Å². The molecule has 2 N–H and O–H groups in total. The molecule has 6 heteroatoms. The molecule has 0 heterocycles. The van der Waals surface area contributed by atoms with Gasteiger partial charge in [0.2, 0.25) is 0 Å². The van der Waals surface area contributed by atoms with E-state index in [1.807, 2.05) is 24.3 Å². The largest absolute Gasteiger partial charge is 0.493 e. The number of rotatable bonds is 10. The second kappa shape index (κ2) is 12.6. The van der Waals surface area contributed by atoms with E-state index in [0.717, 1.165) is 42.9 Å². The molecule has 1 aliphatic rings. The van der Waals surface area contributed by atoms with Crippen LogP contribution in [0.4, 0.5) is 5.69 Å². The minimum atomic E-state index is 0.651. The van der Waals surface area contributed by atoms with Crippen LogP contribution in [0, 0.1) is 0 Å². The number of hydrogen-bond donors (Lipinski definition) is 2. The molecule has 1 saturated carbocycles. The van der Waals surface area contributed by atoms with Crippen LogP contribution in [0.5, 0.6) is 5.75 Å². The number of guanidine groups is 1. The molecule has 0 unspecified atom stereocenters. The summed E-state index contributed by atoms with van der Waals surface area (Å²) in [6.07, 6.45) is 7.69. The Bertz CT molecular complexity index is 559. The lowest BCUT2D eigenvalue weighted by Gasteiger charge is -2.31. The molecule has 0 amide bonds. The Balaban J connectivity index is 1.74. The number of methoxy groups -OCH3 is 1. The summed E-state index contributed by atoms with van der Waals surface area (Å²) < 4.78 is 10.8. The van der Waals surface area contributed by atoms with E-state index in [0.29, 0.717) is 13.2 Å². The first-order valence-electron chi connectivity index (χ1n) is 10.1. The van der Waals surface area contributed by atoms with E-state index >= 15 is 0 Å². The minimum Gasteiger partial charge on any atom is -0.493 e. The van der Waals surface area contributed by atoms with E-state index in [1.54, 1.807) is 14.2 Å². The Morgan fingerprint density at radius 1 is 1.22 bits per heavy atom. The van der Waals surface area contributed by atoms with Crippen molar-refractivity contribution in [2.75, 3.05) is 52.8 Å². The standard InChI is InChI=1S/C21H36N4O2/c1-22-21(23-13-14-25(2)19-10-5-4-6-11-19)24-18-9-7-12-20(17-18)27-16-8-15-26-3/h7,9,12,17,19H,4-6,8,10-11,13-16H2,1-3H3,(H2,22,23,24). The van der Waals surface area contributed by atoms with Gasteiger partial charge >= 0.3 is 0 Å². The molecule has 0 saturated heterocycles. The number of hydrogen-bond acceptors (Lipinski definition) is 4. The molecular weight excluding hydrogens is 340 g/mol. The summed E-state index contributed by atoms with van der Waals surface area (Å²) in [5, 5.41) is 6.75. The molecule has 0 atom stereocenters. The number of ether oxygens (including phenoxy) is 2. The maximum Gasteiger partial charge on any atom is 0.195 e. The SMILES string of the molecule is CN=C(NCCN(C)C1CCCCC1)Nc1cccc(OCCCOC)c1. The lowest BCUT2D eigenvalue weighted by molar-refractivity contribution is 0.172. The average molecular weight is 377 g/mol. The van der Waals surface area contributed by atoms with Crippen LogP contribution in [0.15, 0.2) is 29.3 Å². The Morgan fingerprint density at radius 3 is 2.78 bits per heavy atom. The number of aliphatic imine (C=N–C) groups is 1. The Kier molecular flexibility index (Phi) is 10.0. The van der Waals surface area contributed by atoms with Crippen molar-refractivity contribution >= 4 is 11.6 Å². The molecule has 27 heavy (non-hydrogen) atoms. The highest BCUT2D eigenvalue weighted by Gasteiger charge is 2.17. The van der Waals surface area contributed by atoms with Crippen molar-refractivity contribution in [3.63, 3.8) is 0 Å². The van der Waals surface area contributed by atoms with E-state index in [1.165, 1.54) is 32.1 Å². The van der Waals surface area contributed by atoms with Gasteiger partial charge in [-0.25, -0.2) is 0 Å². The second-order valence-electron chi connectivity index (χ2n) is 7.12. The van der Waals surface area contributed by atoms with Gasteiger partial charge in [-0.2, -0.15) is 0 Å². The fourth-order valence-corrected chi connectivity index (χ4v) is 3.43. The van der Waals surface area contributed by atoms with Crippen molar-refractivity contribution in [2.24, 2.45) is 4.99 Å². The van der Waals surface area contributed by atoms with Gasteiger partial charge in [-0.1, -0.05) is 25.3 Å². The molecule has 0 bridgehead atoms. The molecule has 0 spiro atoms. The van der Waals surface area contributed by atoms with Gasteiger partial charge in [0.1, 0.15) is 5.75 Å². The molecule has 2 rings (SSSR count). The summed E-state index contributed by atoms with van der Waals surface area (Å²) in [5.74, 6) is 1.63. The van der Waals surface area contributed by atoms with Crippen LogP contribution in [0.25, 0.3) is 0 Å². The predicted octanol–water partition coefficient (Wildman–Crippen LogP) is 3.35. The lowest BCUT2D eigenvalue weighted by atomic mass is 9.94. The Labute approximate surface area is 164 Å². The fraction of sp³-hybridized carbons (Fsp3) is 0.667. The average Bonchev–Trinajstić information content (AvgIpc) is 2.71. The van der Waals surface area contributed by atoms with Crippen LogP contribution >= 0.6 is 0 Å². The molecule has 1 aromatic carbocycles. The monoisotopic (exact) mass is 376 g/mol. The summed E-state index contributed by atoms with van der Waals surface area (Å²) >= 11 is 0. The Hall–Kier alpha value is -1.79. The summed E-state index contributed by atoms with van der Waals surface area (Å²) in [4.78, 5) is 6.81. The molecule has 1 aliphatic carbocycles. The van der Waals surface area contributed by atoms with Crippen molar-refractivity contribution in [2.45, 2.75) is 44.6 Å². The molecule has 0 aliphatic heterocycles. The van der Waals surface area contributed by atoms with Crippen molar-refractivity contribution in [1.29, 1.82) is 0 Å². The molecular formula is C21H36N4O2. The predicted molar refractivity (Wildman–Crippen MR) is 113 cm³/mol. The molecule has 1 fully saturated rings. The number of likely N-dealkylation sites (N-methyl/N-ethyl adjacent to an activating group) is 1. The zero-order chi connectivity index (χ0) is 19.3. The van der Waals surface area contributed by atoms with Crippen LogP contribution in [-0.2, 0) is 4.74 Å². The third kappa shape index (κ3) is 8.18. The van der Waals surface area contributed by atoms with Gasteiger partial charge in [0.15, 0.2) is 5.96 Å². The summed E-state index contributed by atoms with van der Waals surface area (Å²) in [6.45, 7) is 3.26. The van der Waals surface area contributed by atoms with Crippen LogP contribution in [0.1, 0.15) is 38.5 Å². The van der Waals surface area contributed by atoms with E-state index in [4.69, 9.17) is 9.47 Å². The van der Waals surface area contributed by atoms with Gasteiger partial charge in [-0.05, 0) is 32.0 Å². The third-order valence-corrected chi connectivity index (χ3v) is 5.04. The van der Waals surface area contributed by atoms with Gasteiger partial charge in [0.25, 0.3) is 0 Å². The molecule has 0 aromatic heterocycles. The second-order valence-corrected chi connectivity index (χ2v) is 7.12. The van der Waals surface area contributed by atoms with Gasteiger partial charge in [0, 0.05) is 58.1 Å². The van der Waals surface area contributed by atoms with Crippen LogP contribution in [-0.4, -0.2) is 64.4 Å². The van der Waals surface area contributed by atoms with E-state index < -0.39 is 0 Å². The van der Waals surface area contributed by atoms with Gasteiger partial charge < -0.3 is 25.0 Å². The molecule has 6 nitrogen and oxygen atoms in total. The number of nitrogens with one attached hydrogen (secondary N) is 2. The molecule has 152 valence electrons. The number of benzene rings is 1. The summed E-state index contributed by atoms with van der Waals surface area (Å²) in [5.41, 5.74) is 0.966. The van der Waals surface area contributed by atoms with Crippen molar-refractivity contribution < 1.29 is 9.47 Å². The third-order valence-electron chi connectivity index (χ3n) is 5.04. The molecule has 1 aromatic rings. The Morgan fingerprint density at radius 2 is 2.04 bits per heavy atom. The topological polar surface area (TPSA) is 58.1 Å². The van der Waals surface area contributed by atoms with Gasteiger partial charge in [-0.15, -0.1) is 0 Å². The maximum atomic E-state index is 5.76. The maximum absolute atomic E-state index is 5.76. The lowest BCUT2D eigenvalue weighted by Crippen LogP contribution is -2.41. The highest BCUT2D eigenvalue weighted by atomic mass is 16.5. The van der Waals surface area contributed by atoms with Gasteiger partial charge in [-0.3, -0.25) is 4.99 Å². The van der Waals surface area contributed by atoms with Crippen LogP contribution in [0.2, 0.25) is 0 Å². The first-order chi connectivity index (χ1) is 13.2. The van der Waals surface area contributed by atoms with Crippen molar-refractivity contribution in [3.05, 3.63) is 24.3 Å². The fourth-order valence-electron chi connectivity index (χ4n) is 3.43. The quantitative estimate of drug-likeness (QED) is 0.373.